The largest absolute Gasteiger partial charge is 0.429 e. The molecule has 2 nitrogen and oxygen atoms in total. The minimum Gasteiger partial charge on any atom is -0.429 e. The number of hydrogen-bond acceptors (Lipinski definition) is 3. The van der Waals surface area contributed by atoms with Crippen LogP contribution in [0.3, 0.4) is 0 Å². The average Bonchev–Trinajstić information content (AvgIpc) is 1.81. The van der Waals surface area contributed by atoms with E-state index in [1.54, 1.807) is 11.8 Å². The molecule has 0 aliphatic carbocycles. The average molecular weight is 194 g/mol. The van der Waals surface area contributed by atoms with E-state index in [0.29, 0.717) is 5.94 Å². The topological polar surface area (TPSA) is 29.5 Å². The van der Waals surface area contributed by atoms with Gasteiger partial charge < -0.3 is 9.53 Å². The van der Waals surface area contributed by atoms with E-state index >= 15 is 0 Å². The summed E-state index contributed by atoms with van der Waals surface area (Å²) in [4.78, 5) is 9.78. The van der Waals surface area contributed by atoms with E-state index in [0.717, 1.165) is 0 Å². The van der Waals surface area contributed by atoms with Gasteiger partial charge in [0.05, 0.1) is 11.2 Å². The molecule has 4 heteroatoms. The lowest BCUT2D eigenvalue weighted by atomic mass is 10.5. The van der Waals surface area contributed by atoms with Crippen LogP contribution in [-0.2, 0) is 4.74 Å². The van der Waals surface area contributed by atoms with E-state index in [9.17, 15) is 4.80 Å². The second kappa shape index (κ2) is 3.94. The van der Waals surface area contributed by atoms with Gasteiger partial charge in [0.1, 0.15) is 0 Å². The summed E-state index contributed by atoms with van der Waals surface area (Å²) in [5.41, 5.74) is 0. The summed E-state index contributed by atoms with van der Waals surface area (Å²) in [6, 6.07) is 0. The molecule has 0 aromatic rings. The van der Waals surface area contributed by atoms with Crippen LogP contribution in [0.2, 0.25) is 13.1 Å². The summed E-state index contributed by atoms with van der Waals surface area (Å²) in [5.74, 6) is 0.657. The van der Waals surface area contributed by atoms with Gasteiger partial charge in [-0.3, -0.25) is 0 Å². The Morgan fingerprint density at radius 3 is 2.18 bits per heavy atom. The molecule has 0 aliphatic heterocycles. The molecule has 0 saturated carbocycles. The van der Waals surface area contributed by atoms with Crippen molar-refractivity contribution in [2.24, 2.45) is 0 Å². The van der Waals surface area contributed by atoms with Crippen LogP contribution in [-0.4, -0.2) is 30.5 Å². The van der Waals surface area contributed by atoms with Crippen molar-refractivity contribution < 1.29 is 9.53 Å². The van der Waals surface area contributed by atoms with Crippen molar-refractivity contribution in [3.8, 4) is 0 Å². The Kier molecular flexibility index (Phi) is 4.11. The van der Waals surface area contributed by atoms with E-state index in [4.69, 9.17) is 4.74 Å². The first-order valence-electron chi connectivity index (χ1n) is 3.66. The lowest BCUT2D eigenvalue weighted by molar-refractivity contribution is 0.0603. The predicted octanol–water partition coefficient (Wildman–Crippen LogP) is 1.84. The number of hydrogen-bond donors (Lipinski definition) is 1. The Bertz CT molecular complexity index is 120. The third-order valence-electron chi connectivity index (χ3n) is 2.01. The van der Waals surface area contributed by atoms with E-state index in [2.05, 4.69) is 0 Å². The Hall–Kier alpha value is 0.487. The van der Waals surface area contributed by atoms with Gasteiger partial charge in [0.15, 0.2) is 0 Å². The van der Waals surface area contributed by atoms with Gasteiger partial charge in [0, 0.05) is 0 Å². The molecule has 0 aromatic carbocycles. The minimum absolute atomic E-state index is 0.337. The molecule has 0 atom stereocenters. The van der Waals surface area contributed by atoms with Gasteiger partial charge in [-0.2, -0.15) is 0 Å². The van der Waals surface area contributed by atoms with Crippen molar-refractivity contribution >= 4 is 20.1 Å². The van der Waals surface area contributed by atoms with E-state index in [-0.39, 0.29) is 5.22 Å². The van der Waals surface area contributed by atoms with Crippen LogP contribution in [0.1, 0.15) is 13.8 Å². The number of rotatable bonds is 4. The molecule has 0 rings (SSSR count). The molecular weight excluding hydrogens is 176 g/mol. The molecule has 0 fully saturated rings. The Morgan fingerprint density at radius 1 is 1.45 bits per heavy atom. The van der Waals surface area contributed by atoms with Crippen molar-refractivity contribution in [2.45, 2.75) is 32.2 Å². The highest BCUT2D eigenvalue weighted by Crippen LogP contribution is 2.22. The lowest BCUT2D eigenvalue weighted by Crippen LogP contribution is -2.52. The zero-order valence-corrected chi connectivity index (χ0v) is 9.79. The van der Waals surface area contributed by atoms with E-state index in [1.165, 1.54) is 0 Å². The fourth-order valence-electron chi connectivity index (χ4n) is 0.383. The molecule has 0 unspecified atom stereocenters. The van der Waals surface area contributed by atoms with Crippen LogP contribution < -0.4 is 0 Å². The normalized spacial score (nSPS) is 13.6. The molecule has 0 heterocycles. The van der Waals surface area contributed by atoms with Crippen molar-refractivity contribution in [2.75, 3.05) is 12.2 Å². The van der Waals surface area contributed by atoms with Crippen LogP contribution in [0.5, 0.6) is 0 Å². The Balaban J connectivity index is 4.00. The molecule has 0 radical (unpaired) electrons. The third kappa shape index (κ3) is 3.60. The molecule has 0 aliphatic rings. The van der Waals surface area contributed by atoms with Crippen LogP contribution >= 0.6 is 11.8 Å². The first-order valence-corrected chi connectivity index (χ1v) is 8.00. The monoisotopic (exact) mass is 194 g/mol. The highest BCUT2D eigenvalue weighted by molar-refractivity contribution is 7.98. The lowest BCUT2D eigenvalue weighted by Gasteiger charge is -2.34. The standard InChI is InChI=1S/C7H18O2SSi/c1-7(2,9-6-10-3)11(4,5)8/h8H,6H2,1-5H3. The van der Waals surface area contributed by atoms with Gasteiger partial charge >= 0.3 is 0 Å². The summed E-state index contributed by atoms with van der Waals surface area (Å²) in [6.45, 7) is 7.70. The zero-order valence-electron chi connectivity index (χ0n) is 7.97. The van der Waals surface area contributed by atoms with Crippen molar-refractivity contribution in [1.82, 2.24) is 0 Å². The summed E-state index contributed by atoms with van der Waals surface area (Å²) in [6.07, 6.45) is 1.99. The molecule has 0 amide bonds. The van der Waals surface area contributed by atoms with Crippen LogP contribution in [0.25, 0.3) is 0 Å². The fourth-order valence-corrected chi connectivity index (χ4v) is 1.33. The van der Waals surface area contributed by atoms with E-state index in [1.807, 2.05) is 33.2 Å². The van der Waals surface area contributed by atoms with Crippen molar-refractivity contribution in [3.63, 3.8) is 0 Å². The van der Waals surface area contributed by atoms with Crippen LogP contribution in [0.4, 0.5) is 0 Å². The maximum atomic E-state index is 9.78. The van der Waals surface area contributed by atoms with Gasteiger partial charge in [0.25, 0.3) is 0 Å². The molecule has 1 N–H and O–H groups in total. The second-order valence-electron chi connectivity index (χ2n) is 3.62. The van der Waals surface area contributed by atoms with Gasteiger partial charge in [-0.05, 0) is 33.2 Å². The molecule has 0 aromatic heterocycles. The van der Waals surface area contributed by atoms with Crippen molar-refractivity contribution in [3.05, 3.63) is 0 Å². The van der Waals surface area contributed by atoms with Crippen LogP contribution in [0.15, 0.2) is 0 Å². The molecule has 0 bridgehead atoms. The highest BCUT2D eigenvalue weighted by atomic mass is 32.2. The summed E-state index contributed by atoms with van der Waals surface area (Å²) < 4.78 is 5.52. The minimum atomic E-state index is -2.16. The van der Waals surface area contributed by atoms with Gasteiger partial charge in [-0.1, -0.05) is 0 Å². The smallest absolute Gasteiger partial charge is 0.213 e. The second-order valence-corrected chi connectivity index (χ2v) is 8.76. The zero-order chi connectivity index (χ0) is 9.12. The van der Waals surface area contributed by atoms with Gasteiger partial charge in [0.2, 0.25) is 8.32 Å². The maximum Gasteiger partial charge on any atom is 0.213 e. The van der Waals surface area contributed by atoms with Crippen LogP contribution in [0, 0.1) is 0 Å². The molecule has 11 heavy (non-hydrogen) atoms. The fraction of sp³-hybridized carbons (Fsp3) is 1.00. The molecule has 0 saturated heterocycles. The summed E-state index contributed by atoms with van der Waals surface area (Å²) in [5, 5.41) is -0.337. The SMILES string of the molecule is CSCOC(C)(C)[Si](C)(C)O. The Morgan fingerprint density at radius 2 is 1.91 bits per heavy atom. The first-order chi connectivity index (χ1) is 4.81. The van der Waals surface area contributed by atoms with E-state index < -0.39 is 8.32 Å². The highest BCUT2D eigenvalue weighted by Gasteiger charge is 2.38. The quantitative estimate of drug-likeness (QED) is 0.547. The van der Waals surface area contributed by atoms with Crippen molar-refractivity contribution in [1.29, 1.82) is 0 Å². The van der Waals surface area contributed by atoms with Gasteiger partial charge in [-0.25, -0.2) is 0 Å². The molecule has 68 valence electrons. The third-order valence-corrected chi connectivity index (χ3v) is 5.46. The molecular formula is C7H18O2SSi. The summed E-state index contributed by atoms with van der Waals surface area (Å²) in [7, 11) is -2.16. The molecule has 0 spiro atoms. The first kappa shape index (κ1) is 11.5. The van der Waals surface area contributed by atoms with Gasteiger partial charge in [-0.15, -0.1) is 11.8 Å². The number of thioether (sulfide) groups is 1. The maximum absolute atomic E-state index is 9.78. The number of ether oxygens (including phenoxy) is 1. The predicted molar refractivity (Wildman–Crippen MR) is 53.2 cm³/mol. The summed E-state index contributed by atoms with van der Waals surface area (Å²) >= 11 is 1.63. The Labute approximate surface area is 74.5 Å².